The van der Waals surface area contributed by atoms with Crippen LogP contribution < -0.4 is 9.46 Å². The summed E-state index contributed by atoms with van der Waals surface area (Å²) in [5, 5.41) is 11.0. The molecule has 0 spiro atoms. The zero-order valence-electron chi connectivity index (χ0n) is 18.6. The molecule has 0 saturated heterocycles. The molecule has 6 heteroatoms. The topological polar surface area (TPSA) is 75.6 Å². The lowest BCUT2D eigenvalue weighted by Crippen LogP contribution is -2.45. The number of aryl methyl sites for hydroxylation is 3. The Balaban J connectivity index is 2.40. The number of benzene rings is 2. The zero-order chi connectivity index (χ0) is 22.6. The van der Waals surface area contributed by atoms with Gasteiger partial charge in [0, 0.05) is 12.0 Å². The number of aliphatic hydroxyl groups is 1. The molecule has 2 aromatic rings. The molecule has 2 unspecified atom stereocenters. The van der Waals surface area contributed by atoms with Gasteiger partial charge in [0.1, 0.15) is 5.75 Å². The van der Waals surface area contributed by atoms with Crippen molar-refractivity contribution in [1.29, 1.82) is 0 Å². The lowest BCUT2D eigenvalue weighted by molar-refractivity contribution is 0.104. The van der Waals surface area contributed by atoms with Crippen molar-refractivity contribution in [2.45, 2.75) is 51.7 Å². The lowest BCUT2D eigenvalue weighted by Gasteiger charge is -2.32. The Morgan fingerprint density at radius 1 is 1.07 bits per heavy atom. The van der Waals surface area contributed by atoms with Gasteiger partial charge in [0.05, 0.1) is 18.1 Å². The van der Waals surface area contributed by atoms with Gasteiger partial charge in [-0.15, -0.1) is 6.58 Å². The van der Waals surface area contributed by atoms with Crippen LogP contribution in [-0.4, -0.2) is 26.7 Å². The molecular formula is C24H33NO4S. The van der Waals surface area contributed by atoms with E-state index in [0.717, 1.165) is 5.56 Å². The van der Waals surface area contributed by atoms with Gasteiger partial charge in [-0.2, -0.15) is 0 Å². The summed E-state index contributed by atoms with van der Waals surface area (Å²) in [6.07, 6.45) is 0.709. The van der Waals surface area contributed by atoms with E-state index in [-0.39, 0.29) is 5.92 Å². The van der Waals surface area contributed by atoms with Crippen LogP contribution >= 0.6 is 0 Å². The minimum absolute atomic E-state index is 0.0678. The highest BCUT2D eigenvalue weighted by Crippen LogP contribution is 2.31. The van der Waals surface area contributed by atoms with E-state index in [1.165, 1.54) is 0 Å². The number of aliphatic hydroxyl groups excluding tert-OH is 1. The second-order valence-corrected chi connectivity index (χ2v) is 9.80. The summed E-state index contributed by atoms with van der Waals surface area (Å²) >= 11 is 0. The van der Waals surface area contributed by atoms with Crippen molar-refractivity contribution >= 4 is 10.0 Å². The quantitative estimate of drug-likeness (QED) is 0.575. The Morgan fingerprint density at radius 2 is 1.60 bits per heavy atom. The summed E-state index contributed by atoms with van der Waals surface area (Å²) in [5.41, 5.74) is 3.10. The van der Waals surface area contributed by atoms with Crippen LogP contribution in [0.25, 0.3) is 0 Å². The largest absolute Gasteiger partial charge is 0.497 e. The third kappa shape index (κ3) is 5.31. The van der Waals surface area contributed by atoms with Crippen LogP contribution in [0.15, 0.2) is 53.9 Å². The summed E-state index contributed by atoms with van der Waals surface area (Å²) in [6.45, 7) is 13.3. The van der Waals surface area contributed by atoms with Crippen molar-refractivity contribution in [1.82, 2.24) is 4.72 Å². The molecule has 2 rings (SSSR count). The predicted octanol–water partition coefficient (Wildman–Crippen LogP) is 4.46. The first kappa shape index (κ1) is 24.1. The molecule has 0 heterocycles. The molecule has 0 aliphatic heterocycles. The Kier molecular flexibility index (Phi) is 7.86. The van der Waals surface area contributed by atoms with E-state index >= 15 is 0 Å². The van der Waals surface area contributed by atoms with Crippen LogP contribution in [0.2, 0.25) is 0 Å². The molecule has 0 radical (unpaired) electrons. The molecule has 0 aliphatic rings. The molecule has 3 atom stereocenters. The molecule has 0 aromatic heterocycles. The fourth-order valence-corrected chi connectivity index (χ4v) is 5.85. The highest BCUT2D eigenvalue weighted by Gasteiger charge is 2.34. The first-order valence-electron chi connectivity index (χ1n) is 10.1. The van der Waals surface area contributed by atoms with Gasteiger partial charge >= 0.3 is 0 Å². The molecule has 2 N–H and O–H groups in total. The van der Waals surface area contributed by atoms with Gasteiger partial charge in [0.25, 0.3) is 0 Å². The van der Waals surface area contributed by atoms with Crippen LogP contribution in [-0.2, 0) is 10.0 Å². The first-order valence-corrected chi connectivity index (χ1v) is 11.5. The minimum atomic E-state index is -3.79. The molecule has 0 saturated carbocycles. The third-order valence-electron chi connectivity index (χ3n) is 5.39. The van der Waals surface area contributed by atoms with Gasteiger partial charge in [-0.05, 0) is 55.5 Å². The minimum Gasteiger partial charge on any atom is -0.497 e. The number of rotatable bonds is 9. The van der Waals surface area contributed by atoms with Gasteiger partial charge in [-0.1, -0.05) is 49.8 Å². The summed E-state index contributed by atoms with van der Waals surface area (Å²) in [4.78, 5) is 0.292. The predicted molar refractivity (Wildman–Crippen MR) is 121 cm³/mol. The summed E-state index contributed by atoms with van der Waals surface area (Å²) < 4.78 is 34.7. The van der Waals surface area contributed by atoms with E-state index in [9.17, 15) is 13.5 Å². The second kappa shape index (κ2) is 9.77. The van der Waals surface area contributed by atoms with E-state index < -0.39 is 28.1 Å². The maximum absolute atomic E-state index is 13.3. The third-order valence-corrected chi connectivity index (χ3v) is 7.16. The average Bonchev–Trinajstić information content (AvgIpc) is 2.66. The number of hydrogen-bond acceptors (Lipinski definition) is 4. The van der Waals surface area contributed by atoms with E-state index in [2.05, 4.69) is 11.3 Å². The van der Waals surface area contributed by atoms with Crippen molar-refractivity contribution in [3.8, 4) is 5.75 Å². The van der Waals surface area contributed by atoms with E-state index in [1.807, 2.05) is 32.9 Å². The summed E-state index contributed by atoms with van der Waals surface area (Å²) in [5.74, 6) is 0.105. The van der Waals surface area contributed by atoms with Crippen LogP contribution in [0.3, 0.4) is 0 Å². The molecule has 0 fully saturated rings. The van der Waals surface area contributed by atoms with Crippen LogP contribution in [0, 0.1) is 32.6 Å². The van der Waals surface area contributed by atoms with Crippen molar-refractivity contribution in [2.24, 2.45) is 11.8 Å². The first-order chi connectivity index (χ1) is 14.0. The van der Waals surface area contributed by atoms with Gasteiger partial charge in [-0.3, -0.25) is 0 Å². The SMILES string of the molecule is C=CC(C(NS(=O)(=O)c1c(C)cc(C)cc1C)C(C)C)[C@H](O)c1ccc(OC)cc1. The number of ether oxygens (including phenoxy) is 1. The summed E-state index contributed by atoms with van der Waals surface area (Å²) in [6, 6.07) is 10.3. The lowest BCUT2D eigenvalue weighted by atomic mass is 9.84. The van der Waals surface area contributed by atoms with Crippen LogP contribution in [0.4, 0.5) is 0 Å². The Morgan fingerprint density at radius 3 is 2.03 bits per heavy atom. The number of sulfonamides is 1. The van der Waals surface area contributed by atoms with Gasteiger partial charge in [0.15, 0.2) is 0 Å². The van der Waals surface area contributed by atoms with Crippen molar-refractivity contribution in [2.75, 3.05) is 7.11 Å². The van der Waals surface area contributed by atoms with Crippen molar-refractivity contribution < 1.29 is 18.3 Å². The molecule has 0 bridgehead atoms. The fraction of sp³-hybridized carbons (Fsp3) is 0.417. The Bertz CT molecular complexity index is 958. The van der Waals surface area contributed by atoms with Crippen molar-refractivity contribution in [3.63, 3.8) is 0 Å². The standard InChI is InChI=1S/C24H33NO4S/c1-8-21(23(26)19-9-11-20(29-7)12-10-19)22(15(2)3)25-30(27,28)24-17(5)13-16(4)14-18(24)6/h8-15,21-23,25-26H,1H2,2-7H3/t21?,22?,23-/m1/s1. The number of nitrogens with one attached hydrogen (secondary N) is 1. The molecule has 0 aliphatic carbocycles. The second-order valence-electron chi connectivity index (χ2n) is 8.15. The van der Waals surface area contributed by atoms with E-state index in [4.69, 9.17) is 4.74 Å². The highest BCUT2D eigenvalue weighted by molar-refractivity contribution is 7.89. The van der Waals surface area contributed by atoms with Crippen molar-refractivity contribution in [3.05, 3.63) is 71.3 Å². The van der Waals surface area contributed by atoms with Crippen LogP contribution in [0.5, 0.6) is 5.75 Å². The van der Waals surface area contributed by atoms with Gasteiger partial charge < -0.3 is 9.84 Å². The number of methoxy groups -OCH3 is 1. The molecule has 30 heavy (non-hydrogen) atoms. The monoisotopic (exact) mass is 431 g/mol. The fourth-order valence-electron chi connectivity index (χ4n) is 3.98. The normalized spacial score (nSPS) is 14.9. The maximum atomic E-state index is 13.3. The molecule has 0 amide bonds. The highest BCUT2D eigenvalue weighted by atomic mass is 32.2. The van der Waals surface area contributed by atoms with Gasteiger partial charge in [0.2, 0.25) is 10.0 Å². The molecular weight excluding hydrogens is 398 g/mol. The zero-order valence-corrected chi connectivity index (χ0v) is 19.5. The maximum Gasteiger partial charge on any atom is 0.241 e. The van der Waals surface area contributed by atoms with Gasteiger partial charge in [-0.25, -0.2) is 13.1 Å². The molecule has 5 nitrogen and oxygen atoms in total. The Labute approximate surface area is 180 Å². The average molecular weight is 432 g/mol. The van der Waals surface area contributed by atoms with Crippen LogP contribution in [0.1, 0.15) is 42.2 Å². The smallest absolute Gasteiger partial charge is 0.241 e. The molecule has 2 aromatic carbocycles. The van der Waals surface area contributed by atoms with E-state index in [1.54, 1.807) is 51.3 Å². The van der Waals surface area contributed by atoms with E-state index in [0.29, 0.717) is 27.3 Å². The Hall–Kier alpha value is -2.15. The summed E-state index contributed by atoms with van der Waals surface area (Å²) in [7, 11) is -2.21. The molecule has 164 valence electrons. The number of hydrogen-bond donors (Lipinski definition) is 2.